The Labute approximate surface area is 112 Å². The molecule has 1 aliphatic rings. The molecule has 1 heterocycles. The van der Waals surface area contributed by atoms with Crippen LogP contribution in [-0.2, 0) is 0 Å². The monoisotopic (exact) mass is 249 g/mol. The Morgan fingerprint density at radius 1 is 1.00 bits per heavy atom. The van der Waals surface area contributed by atoms with Crippen LogP contribution in [0.2, 0.25) is 0 Å². The van der Waals surface area contributed by atoms with E-state index in [1.807, 2.05) is 42.5 Å². The number of nitrogens with two attached hydrogens (primary N) is 1. The summed E-state index contributed by atoms with van der Waals surface area (Å²) in [6.07, 6.45) is 2.07. The SMILES string of the molecule is NC1=Nc2ccccc2NC/C1=C/c1ccccc1. The summed E-state index contributed by atoms with van der Waals surface area (Å²) >= 11 is 0. The Morgan fingerprint density at radius 2 is 1.74 bits per heavy atom. The molecule has 0 unspecified atom stereocenters. The molecular weight excluding hydrogens is 234 g/mol. The van der Waals surface area contributed by atoms with Gasteiger partial charge in [-0.2, -0.15) is 0 Å². The van der Waals surface area contributed by atoms with Crippen molar-refractivity contribution in [1.29, 1.82) is 0 Å². The van der Waals surface area contributed by atoms with Gasteiger partial charge in [-0.05, 0) is 23.8 Å². The maximum Gasteiger partial charge on any atom is 0.129 e. The lowest BCUT2D eigenvalue weighted by molar-refractivity contribution is 1.30. The number of hydrogen-bond acceptors (Lipinski definition) is 3. The Morgan fingerprint density at radius 3 is 2.58 bits per heavy atom. The number of hydrogen-bond donors (Lipinski definition) is 2. The van der Waals surface area contributed by atoms with Gasteiger partial charge in [0.05, 0.1) is 11.4 Å². The van der Waals surface area contributed by atoms with Gasteiger partial charge < -0.3 is 11.1 Å². The maximum atomic E-state index is 6.08. The molecule has 0 bridgehead atoms. The first-order valence-corrected chi connectivity index (χ1v) is 6.26. The summed E-state index contributed by atoms with van der Waals surface area (Å²) in [5, 5.41) is 3.36. The largest absolute Gasteiger partial charge is 0.383 e. The normalized spacial score (nSPS) is 16.2. The first-order chi connectivity index (χ1) is 9.33. The summed E-state index contributed by atoms with van der Waals surface area (Å²) < 4.78 is 0. The van der Waals surface area contributed by atoms with E-state index in [1.165, 1.54) is 0 Å². The third kappa shape index (κ3) is 2.50. The van der Waals surface area contributed by atoms with Crippen LogP contribution in [0.5, 0.6) is 0 Å². The highest BCUT2D eigenvalue weighted by Crippen LogP contribution is 2.27. The van der Waals surface area contributed by atoms with Crippen LogP contribution in [0.4, 0.5) is 11.4 Å². The van der Waals surface area contributed by atoms with E-state index in [9.17, 15) is 0 Å². The quantitative estimate of drug-likeness (QED) is 0.815. The number of rotatable bonds is 1. The highest BCUT2D eigenvalue weighted by atomic mass is 15.0. The van der Waals surface area contributed by atoms with Crippen molar-refractivity contribution in [1.82, 2.24) is 0 Å². The fourth-order valence-electron chi connectivity index (χ4n) is 2.08. The Kier molecular flexibility index (Phi) is 3.02. The summed E-state index contributed by atoms with van der Waals surface area (Å²) in [4.78, 5) is 4.48. The van der Waals surface area contributed by atoms with Gasteiger partial charge in [0.2, 0.25) is 0 Å². The average Bonchev–Trinajstić information content (AvgIpc) is 2.60. The van der Waals surface area contributed by atoms with E-state index < -0.39 is 0 Å². The van der Waals surface area contributed by atoms with Gasteiger partial charge in [0.25, 0.3) is 0 Å². The first kappa shape index (κ1) is 11.5. The molecule has 3 N–H and O–H groups in total. The zero-order chi connectivity index (χ0) is 13.1. The zero-order valence-electron chi connectivity index (χ0n) is 10.5. The number of nitrogens with one attached hydrogen (secondary N) is 1. The maximum absolute atomic E-state index is 6.08. The van der Waals surface area contributed by atoms with Crippen molar-refractivity contribution in [2.24, 2.45) is 10.7 Å². The van der Waals surface area contributed by atoms with Gasteiger partial charge in [-0.3, -0.25) is 0 Å². The van der Waals surface area contributed by atoms with Crippen LogP contribution in [0.15, 0.2) is 65.2 Å². The van der Waals surface area contributed by atoms with Crippen LogP contribution >= 0.6 is 0 Å². The van der Waals surface area contributed by atoms with Gasteiger partial charge >= 0.3 is 0 Å². The Balaban J connectivity index is 1.97. The third-order valence-electron chi connectivity index (χ3n) is 3.08. The number of benzene rings is 2. The molecule has 0 atom stereocenters. The van der Waals surface area contributed by atoms with Crippen LogP contribution in [0.1, 0.15) is 5.56 Å². The number of anilines is 1. The molecular formula is C16H15N3. The highest BCUT2D eigenvalue weighted by molar-refractivity contribution is 6.04. The topological polar surface area (TPSA) is 50.4 Å². The van der Waals surface area contributed by atoms with E-state index in [0.717, 1.165) is 22.5 Å². The summed E-state index contributed by atoms with van der Waals surface area (Å²) in [5.74, 6) is 0.571. The van der Waals surface area contributed by atoms with E-state index >= 15 is 0 Å². The molecule has 94 valence electrons. The second-order valence-electron chi connectivity index (χ2n) is 4.45. The Bertz CT molecular complexity index is 642. The highest BCUT2D eigenvalue weighted by Gasteiger charge is 2.11. The number of aliphatic imine (C=N–C) groups is 1. The lowest BCUT2D eigenvalue weighted by Crippen LogP contribution is -2.18. The fourth-order valence-corrected chi connectivity index (χ4v) is 2.08. The molecule has 0 aliphatic carbocycles. The van der Waals surface area contributed by atoms with Crippen molar-refractivity contribution < 1.29 is 0 Å². The average molecular weight is 249 g/mol. The van der Waals surface area contributed by atoms with E-state index in [0.29, 0.717) is 12.4 Å². The van der Waals surface area contributed by atoms with Crippen molar-refractivity contribution in [3.05, 3.63) is 65.7 Å². The van der Waals surface area contributed by atoms with Crippen LogP contribution in [0.25, 0.3) is 6.08 Å². The van der Waals surface area contributed by atoms with Gasteiger partial charge in [-0.15, -0.1) is 0 Å². The minimum atomic E-state index is 0.571. The van der Waals surface area contributed by atoms with E-state index in [2.05, 4.69) is 28.5 Å². The van der Waals surface area contributed by atoms with E-state index in [4.69, 9.17) is 5.73 Å². The van der Waals surface area contributed by atoms with E-state index in [-0.39, 0.29) is 0 Å². The molecule has 19 heavy (non-hydrogen) atoms. The molecule has 0 saturated carbocycles. The minimum Gasteiger partial charge on any atom is -0.383 e. The van der Waals surface area contributed by atoms with Crippen LogP contribution < -0.4 is 11.1 Å². The molecule has 2 aromatic carbocycles. The predicted octanol–water partition coefficient (Wildman–Crippen LogP) is 3.18. The third-order valence-corrected chi connectivity index (χ3v) is 3.08. The standard InChI is InChI=1S/C16H15N3/c17-16-13(10-12-6-2-1-3-7-12)11-18-14-8-4-5-9-15(14)19-16/h1-10,18H,11H2,(H2,17,19)/b13-10-. The van der Waals surface area contributed by atoms with Crippen molar-refractivity contribution in [3.63, 3.8) is 0 Å². The number of para-hydroxylation sites is 2. The number of fused-ring (bicyclic) bond motifs is 1. The summed E-state index contributed by atoms with van der Waals surface area (Å²) in [7, 11) is 0. The molecule has 1 aliphatic heterocycles. The lowest BCUT2D eigenvalue weighted by Gasteiger charge is -2.06. The van der Waals surface area contributed by atoms with Crippen molar-refractivity contribution in [2.75, 3.05) is 11.9 Å². The zero-order valence-corrected chi connectivity index (χ0v) is 10.5. The molecule has 3 rings (SSSR count). The second kappa shape index (κ2) is 4.98. The van der Waals surface area contributed by atoms with Crippen molar-refractivity contribution in [3.8, 4) is 0 Å². The molecule has 0 amide bonds. The molecule has 0 aromatic heterocycles. The number of amidine groups is 1. The molecule has 0 spiro atoms. The second-order valence-corrected chi connectivity index (χ2v) is 4.45. The summed E-state index contributed by atoms with van der Waals surface area (Å²) in [5.41, 5.74) is 10.1. The van der Waals surface area contributed by atoms with E-state index in [1.54, 1.807) is 0 Å². The predicted molar refractivity (Wildman–Crippen MR) is 80.6 cm³/mol. The van der Waals surface area contributed by atoms with Crippen molar-refractivity contribution >= 4 is 23.3 Å². The molecule has 3 nitrogen and oxygen atoms in total. The van der Waals surface area contributed by atoms with Gasteiger partial charge in [-0.25, -0.2) is 4.99 Å². The number of nitrogens with zero attached hydrogens (tertiary/aromatic N) is 1. The molecule has 2 aromatic rings. The minimum absolute atomic E-state index is 0.571. The molecule has 0 saturated heterocycles. The molecule has 0 radical (unpaired) electrons. The first-order valence-electron chi connectivity index (χ1n) is 6.26. The van der Waals surface area contributed by atoms with Crippen LogP contribution in [0, 0.1) is 0 Å². The lowest BCUT2D eigenvalue weighted by atomic mass is 10.1. The smallest absolute Gasteiger partial charge is 0.129 e. The fraction of sp³-hybridized carbons (Fsp3) is 0.0625. The van der Waals surface area contributed by atoms with Crippen LogP contribution in [-0.4, -0.2) is 12.4 Å². The van der Waals surface area contributed by atoms with Gasteiger partial charge in [-0.1, -0.05) is 42.5 Å². The Hall–Kier alpha value is -2.55. The van der Waals surface area contributed by atoms with Gasteiger partial charge in [0.1, 0.15) is 5.84 Å². The summed E-state index contributed by atoms with van der Waals surface area (Å²) in [6.45, 7) is 0.682. The van der Waals surface area contributed by atoms with Gasteiger partial charge in [0.15, 0.2) is 0 Å². The summed E-state index contributed by atoms with van der Waals surface area (Å²) in [6, 6.07) is 18.1. The van der Waals surface area contributed by atoms with Crippen molar-refractivity contribution in [2.45, 2.75) is 0 Å². The molecule has 3 heteroatoms. The van der Waals surface area contributed by atoms with Crippen LogP contribution in [0.3, 0.4) is 0 Å². The molecule has 0 fully saturated rings. The van der Waals surface area contributed by atoms with Gasteiger partial charge in [0, 0.05) is 12.1 Å².